The standard InChI is InChI=1S/C18H21N/c1-2-19-18-13-12-15(14-8-4-3-5-9-14)16-10-6-7-11-17(16)18/h3-11,15,18-19H,2,12-13H2,1H3. The van der Waals surface area contributed by atoms with Crippen molar-refractivity contribution in [3.05, 3.63) is 71.3 Å². The Morgan fingerprint density at radius 3 is 2.32 bits per heavy atom. The Morgan fingerprint density at radius 1 is 0.895 bits per heavy atom. The summed E-state index contributed by atoms with van der Waals surface area (Å²) in [6.07, 6.45) is 2.46. The van der Waals surface area contributed by atoms with Crippen molar-refractivity contribution in [2.75, 3.05) is 6.54 Å². The Bertz CT molecular complexity index is 532. The van der Waals surface area contributed by atoms with Gasteiger partial charge in [0.1, 0.15) is 0 Å². The second kappa shape index (κ2) is 5.58. The number of benzene rings is 2. The molecule has 0 bridgehead atoms. The molecule has 1 aliphatic carbocycles. The van der Waals surface area contributed by atoms with E-state index in [2.05, 4.69) is 66.8 Å². The maximum Gasteiger partial charge on any atom is 0.0323 e. The first kappa shape index (κ1) is 12.4. The van der Waals surface area contributed by atoms with Crippen LogP contribution in [0.5, 0.6) is 0 Å². The van der Waals surface area contributed by atoms with Gasteiger partial charge in [-0.05, 0) is 36.1 Å². The minimum atomic E-state index is 0.529. The highest BCUT2D eigenvalue weighted by molar-refractivity contribution is 5.41. The molecule has 1 aliphatic rings. The Morgan fingerprint density at radius 2 is 1.58 bits per heavy atom. The van der Waals surface area contributed by atoms with E-state index in [1.54, 1.807) is 0 Å². The molecule has 1 N–H and O–H groups in total. The molecule has 1 heteroatoms. The third-order valence-corrected chi connectivity index (χ3v) is 4.14. The fraction of sp³-hybridized carbons (Fsp3) is 0.333. The molecule has 0 amide bonds. The summed E-state index contributed by atoms with van der Waals surface area (Å²) in [5.74, 6) is 0.562. The van der Waals surface area contributed by atoms with Gasteiger partial charge in [0.05, 0.1) is 0 Å². The van der Waals surface area contributed by atoms with Gasteiger partial charge >= 0.3 is 0 Å². The molecule has 0 saturated heterocycles. The van der Waals surface area contributed by atoms with E-state index in [0.29, 0.717) is 12.0 Å². The lowest BCUT2D eigenvalue weighted by atomic mass is 9.77. The molecule has 2 aromatic carbocycles. The maximum atomic E-state index is 3.61. The molecule has 2 unspecified atom stereocenters. The summed E-state index contributed by atoms with van der Waals surface area (Å²) in [6.45, 7) is 3.22. The van der Waals surface area contributed by atoms with E-state index >= 15 is 0 Å². The van der Waals surface area contributed by atoms with Crippen LogP contribution in [-0.4, -0.2) is 6.54 Å². The smallest absolute Gasteiger partial charge is 0.0323 e. The third kappa shape index (κ3) is 2.43. The van der Waals surface area contributed by atoms with Crippen molar-refractivity contribution in [2.24, 2.45) is 0 Å². The Kier molecular flexibility index (Phi) is 3.65. The van der Waals surface area contributed by atoms with Gasteiger partial charge in [0, 0.05) is 12.0 Å². The van der Waals surface area contributed by atoms with Crippen LogP contribution in [0.4, 0.5) is 0 Å². The van der Waals surface area contributed by atoms with E-state index in [0.717, 1.165) is 6.54 Å². The zero-order chi connectivity index (χ0) is 13.1. The normalized spacial score (nSPS) is 21.9. The van der Waals surface area contributed by atoms with Crippen LogP contribution in [0.2, 0.25) is 0 Å². The van der Waals surface area contributed by atoms with Crippen LogP contribution in [0.25, 0.3) is 0 Å². The first-order valence-corrected chi connectivity index (χ1v) is 7.27. The van der Waals surface area contributed by atoms with Crippen LogP contribution >= 0.6 is 0 Å². The van der Waals surface area contributed by atoms with E-state index in [9.17, 15) is 0 Å². The molecule has 19 heavy (non-hydrogen) atoms. The minimum absolute atomic E-state index is 0.529. The largest absolute Gasteiger partial charge is 0.310 e. The number of hydrogen-bond acceptors (Lipinski definition) is 1. The van der Waals surface area contributed by atoms with E-state index in [-0.39, 0.29) is 0 Å². The summed E-state index contributed by atoms with van der Waals surface area (Å²) in [5.41, 5.74) is 4.44. The molecular formula is C18H21N. The fourth-order valence-corrected chi connectivity index (χ4v) is 3.28. The number of hydrogen-bond donors (Lipinski definition) is 1. The van der Waals surface area contributed by atoms with Gasteiger partial charge < -0.3 is 5.32 Å². The lowest BCUT2D eigenvalue weighted by molar-refractivity contribution is 0.450. The van der Waals surface area contributed by atoms with Crippen LogP contribution < -0.4 is 5.32 Å². The molecule has 0 aliphatic heterocycles. The second-order valence-corrected chi connectivity index (χ2v) is 5.28. The summed E-state index contributed by atoms with van der Waals surface area (Å²) in [6, 6.07) is 20.4. The van der Waals surface area contributed by atoms with E-state index in [1.807, 2.05) is 0 Å². The predicted octanol–water partition coefficient (Wildman–Crippen LogP) is 4.26. The van der Waals surface area contributed by atoms with Crippen molar-refractivity contribution in [1.29, 1.82) is 0 Å². The van der Waals surface area contributed by atoms with Gasteiger partial charge in [0.25, 0.3) is 0 Å². The van der Waals surface area contributed by atoms with Gasteiger partial charge in [-0.1, -0.05) is 61.5 Å². The molecule has 2 atom stereocenters. The van der Waals surface area contributed by atoms with Crippen molar-refractivity contribution >= 4 is 0 Å². The average molecular weight is 251 g/mol. The Hall–Kier alpha value is -1.60. The topological polar surface area (TPSA) is 12.0 Å². The second-order valence-electron chi connectivity index (χ2n) is 5.28. The Labute approximate surface area is 115 Å². The SMILES string of the molecule is CCNC1CCC(c2ccccc2)c2ccccc21. The van der Waals surface area contributed by atoms with Crippen molar-refractivity contribution in [3.63, 3.8) is 0 Å². The monoisotopic (exact) mass is 251 g/mol. The minimum Gasteiger partial charge on any atom is -0.310 e. The van der Waals surface area contributed by atoms with Gasteiger partial charge in [0.2, 0.25) is 0 Å². The first-order chi connectivity index (χ1) is 9.40. The van der Waals surface area contributed by atoms with Crippen LogP contribution in [0.3, 0.4) is 0 Å². The van der Waals surface area contributed by atoms with Gasteiger partial charge in [-0.25, -0.2) is 0 Å². The zero-order valence-electron chi connectivity index (χ0n) is 11.5. The van der Waals surface area contributed by atoms with Crippen LogP contribution in [0.1, 0.15) is 48.4 Å². The average Bonchev–Trinajstić information content (AvgIpc) is 2.49. The summed E-state index contributed by atoms with van der Waals surface area (Å²) in [5, 5.41) is 3.61. The van der Waals surface area contributed by atoms with Crippen LogP contribution in [0.15, 0.2) is 54.6 Å². The van der Waals surface area contributed by atoms with Gasteiger partial charge in [-0.15, -0.1) is 0 Å². The molecule has 0 fully saturated rings. The summed E-state index contributed by atoms with van der Waals surface area (Å²) in [7, 11) is 0. The molecule has 0 spiro atoms. The lowest BCUT2D eigenvalue weighted by Gasteiger charge is -2.32. The molecule has 3 rings (SSSR count). The molecule has 0 aromatic heterocycles. The molecule has 2 aromatic rings. The van der Waals surface area contributed by atoms with Crippen LogP contribution in [0, 0.1) is 0 Å². The lowest BCUT2D eigenvalue weighted by Crippen LogP contribution is -2.26. The first-order valence-electron chi connectivity index (χ1n) is 7.27. The highest BCUT2D eigenvalue weighted by Crippen LogP contribution is 2.40. The summed E-state index contributed by atoms with van der Waals surface area (Å²) >= 11 is 0. The number of fused-ring (bicyclic) bond motifs is 1. The zero-order valence-corrected chi connectivity index (χ0v) is 11.5. The number of rotatable bonds is 3. The maximum absolute atomic E-state index is 3.61. The van der Waals surface area contributed by atoms with Crippen molar-refractivity contribution < 1.29 is 0 Å². The van der Waals surface area contributed by atoms with Gasteiger partial charge in [-0.2, -0.15) is 0 Å². The van der Waals surface area contributed by atoms with Gasteiger partial charge in [-0.3, -0.25) is 0 Å². The fourth-order valence-electron chi connectivity index (χ4n) is 3.28. The van der Waals surface area contributed by atoms with Gasteiger partial charge in [0.15, 0.2) is 0 Å². The quantitative estimate of drug-likeness (QED) is 0.859. The highest BCUT2D eigenvalue weighted by atomic mass is 14.9. The molecule has 98 valence electrons. The van der Waals surface area contributed by atoms with E-state index in [1.165, 1.54) is 29.5 Å². The molecular weight excluding hydrogens is 230 g/mol. The Balaban J connectivity index is 1.99. The number of nitrogens with one attached hydrogen (secondary N) is 1. The molecule has 1 nitrogen and oxygen atoms in total. The molecule has 0 radical (unpaired) electrons. The summed E-state index contributed by atoms with van der Waals surface area (Å²) in [4.78, 5) is 0. The highest BCUT2D eigenvalue weighted by Gasteiger charge is 2.26. The van der Waals surface area contributed by atoms with E-state index in [4.69, 9.17) is 0 Å². The van der Waals surface area contributed by atoms with E-state index < -0.39 is 0 Å². The van der Waals surface area contributed by atoms with Crippen molar-refractivity contribution in [3.8, 4) is 0 Å². The van der Waals surface area contributed by atoms with Crippen molar-refractivity contribution in [2.45, 2.75) is 31.7 Å². The van der Waals surface area contributed by atoms with Crippen LogP contribution in [-0.2, 0) is 0 Å². The summed E-state index contributed by atoms with van der Waals surface area (Å²) < 4.78 is 0. The molecule has 0 saturated carbocycles. The predicted molar refractivity (Wildman–Crippen MR) is 80.4 cm³/mol. The third-order valence-electron chi connectivity index (χ3n) is 4.14. The molecule has 0 heterocycles. The van der Waals surface area contributed by atoms with Crippen molar-refractivity contribution in [1.82, 2.24) is 5.32 Å².